The minimum atomic E-state index is -0.630. The lowest BCUT2D eigenvalue weighted by Gasteiger charge is -2.16. The molecule has 0 aliphatic rings. The molecular formula is C14H21NO2. The summed E-state index contributed by atoms with van der Waals surface area (Å²) >= 11 is 0. The molecular weight excluding hydrogens is 214 g/mol. The Balaban J connectivity index is 2.43. The number of hydrogen-bond acceptors (Lipinski definition) is 2. The summed E-state index contributed by atoms with van der Waals surface area (Å²) in [5.41, 5.74) is 0.831. The molecule has 2 N–H and O–H groups in total. The predicted molar refractivity (Wildman–Crippen MR) is 68.5 cm³/mol. The van der Waals surface area contributed by atoms with E-state index in [1.54, 1.807) is 0 Å². The highest BCUT2D eigenvalue weighted by molar-refractivity contribution is 5.78. The lowest BCUT2D eigenvalue weighted by molar-refractivity contribution is -0.125. The summed E-state index contributed by atoms with van der Waals surface area (Å²) in [7, 11) is 0. The monoisotopic (exact) mass is 235 g/mol. The van der Waals surface area contributed by atoms with Crippen molar-refractivity contribution in [2.24, 2.45) is 5.92 Å². The molecule has 0 bridgehead atoms. The molecule has 17 heavy (non-hydrogen) atoms. The number of carbonyl (C=O) groups excluding carboxylic acids is 1. The number of nitrogens with one attached hydrogen (secondary N) is 1. The normalized spacial score (nSPS) is 12.5. The number of aliphatic hydroxyl groups is 1. The number of benzene rings is 1. The highest BCUT2D eigenvalue weighted by Gasteiger charge is 2.15. The van der Waals surface area contributed by atoms with Gasteiger partial charge in [-0.25, -0.2) is 0 Å². The summed E-state index contributed by atoms with van der Waals surface area (Å²) in [6, 6.07) is 9.36. The first-order valence-corrected chi connectivity index (χ1v) is 6.19. The molecule has 1 atom stereocenters. The van der Waals surface area contributed by atoms with Crippen LogP contribution in [-0.4, -0.2) is 17.6 Å². The maximum atomic E-state index is 11.7. The maximum absolute atomic E-state index is 11.7. The molecule has 1 unspecified atom stereocenters. The van der Waals surface area contributed by atoms with E-state index in [2.05, 4.69) is 5.32 Å². The van der Waals surface area contributed by atoms with Gasteiger partial charge in [0.15, 0.2) is 0 Å². The van der Waals surface area contributed by atoms with E-state index >= 15 is 0 Å². The van der Waals surface area contributed by atoms with Gasteiger partial charge in [0.05, 0.1) is 6.10 Å². The Morgan fingerprint density at radius 1 is 1.24 bits per heavy atom. The van der Waals surface area contributed by atoms with Gasteiger partial charge < -0.3 is 10.4 Å². The van der Waals surface area contributed by atoms with Crippen molar-refractivity contribution in [1.82, 2.24) is 5.32 Å². The summed E-state index contributed by atoms with van der Waals surface area (Å²) in [4.78, 5) is 11.7. The van der Waals surface area contributed by atoms with Crippen molar-refractivity contribution in [3.8, 4) is 0 Å². The molecule has 0 aliphatic carbocycles. The first-order valence-electron chi connectivity index (χ1n) is 6.19. The van der Waals surface area contributed by atoms with Gasteiger partial charge >= 0.3 is 0 Å². The molecule has 0 saturated carbocycles. The molecule has 0 saturated heterocycles. The number of hydrogen-bond donors (Lipinski definition) is 2. The van der Waals surface area contributed by atoms with Crippen LogP contribution in [0.3, 0.4) is 0 Å². The molecule has 0 aromatic heterocycles. The Morgan fingerprint density at radius 2 is 1.82 bits per heavy atom. The van der Waals surface area contributed by atoms with Crippen molar-refractivity contribution in [2.45, 2.75) is 32.8 Å². The average molecular weight is 235 g/mol. The lowest BCUT2D eigenvalue weighted by atomic mass is 10.0. The highest BCUT2D eigenvalue weighted by atomic mass is 16.3. The molecule has 1 aromatic rings. The minimum Gasteiger partial charge on any atom is -0.387 e. The van der Waals surface area contributed by atoms with Crippen molar-refractivity contribution < 1.29 is 9.90 Å². The van der Waals surface area contributed by atoms with E-state index in [0.717, 1.165) is 18.4 Å². The van der Waals surface area contributed by atoms with Crippen LogP contribution < -0.4 is 5.32 Å². The number of rotatable bonds is 6. The van der Waals surface area contributed by atoms with E-state index in [4.69, 9.17) is 0 Å². The van der Waals surface area contributed by atoms with Crippen molar-refractivity contribution in [3.63, 3.8) is 0 Å². The van der Waals surface area contributed by atoms with Crippen molar-refractivity contribution >= 4 is 5.91 Å². The second kappa shape index (κ2) is 7.07. The van der Waals surface area contributed by atoms with Crippen LogP contribution in [-0.2, 0) is 4.79 Å². The SMILES string of the molecule is CCC(CC)C(=O)NCC(O)c1ccccc1. The van der Waals surface area contributed by atoms with Gasteiger partial charge in [0.25, 0.3) is 0 Å². The van der Waals surface area contributed by atoms with Crippen LogP contribution in [0.15, 0.2) is 30.3 Å². The largest absolute Gasteiger partial charge is 0.387 e. The third-order valence-electron chi connectivity index (χ3n) is 3.01. The second-order valence-electron chi connectivity index (χ2n) is 4.19. The summed E-state index contributed by atoms with van der Waals surface area (Å²) in [5, 5.41) is 12.7. The molecule has 0 radical (unpaired) electrons. The van der Waals surface area contributed by atoms with Crippen LogP contribution in [0, 0.1) is 5.92 Å². The zero-order valence-corrected chi connectivity index (χ0v) is 10.5. The fourth-order valence-corrected chi connectivity index (χ4v) is 1.79. The van der Waals surface area contributed by atoms with Gasteiger partial charge in [-0.2, -0.15) is 0 Å². The zero-order chi connectivity index (χ0) is 12.7. The van der Waals surface area contributed by atoms with Crippen LogP contribution in [0.4, 0.5) is 0 Å². The number of carbonyl (C=O) groups is 1. The Kier molecular flexibility index (Phi) is 5.70. The van der Waals surface area contributed by atoms with Crippen LogP contribution in [0.1, 0.15) is 38.4 Å². The predicted octanol–water partition coefficient (Wildman–Crippen LogP) is 2.27. The minimum absolute atomic E-state index is 0.0324. The topological polar surface area (TPSA) is 49.3 Å². The molecule has 94 valence electrons. The van der Waals surface area contributed by atoms with Crippen molar-refractivity contribution in [1.29, 1.82) is 0 Å². The fourth-order valence-electron chi connectivity index (χ4n) is 1.79. The smallest absolute Gasteiger partial charge is 0.223 e. The summed E-state index contributed by atoms with van der Waals surface area (Å²) in [5.74, 6) is 0.0861. The van der Waals surface area contributed by atoms with Gasteiger partial charge in [0, 0.05) is 12.5 Å². The molecule has 0 aliphatic heterocycles. The Labute approximate surface area is 103 Å². The van der Waals surface area contributed by atoms with Crippen LogP contribution in [0.5, 0.6) is 0 Å². The van der Waals surface area contributed by atoms with E-state index in [0.29, 0.717) is 0 Å². The number of amides is 1. The molecule has 1 aromatic carbocycles. The molecule has 1 amide bonds. The summed E-state index contributed by atoms with van der Waals surface area (Å²) < 4.78 is 0. The van der Waals surface area contributed by atoms with Crippen LogP contribution in [0.2, 0.25) is 0 Å². The van der Waals surface area contributed by atoms with E-state index < -0.39 is 6.10 Å². The molecule has 3 heteroatoms. The molecule has 3 nitrogen and oxygen atoms in total. The average Bonchev–Trinajstić information content (AvgIpc) is 2.38. The lowest BCUT2D eigenvalue weighted by Crippen LogP contribution is -2.33. The van der Waals surface area contributed by atoms with Gasteiger partial charge in [-0.15, -0.1) is 0 Å². The summed E-state index contributed by atoms with van der Waals surface area (Å²) in [6.45, 7) is 4.28. The quantitative estimate of drug-likeness (QED) is 0.794. The van der Waals surface area contributed by atoms with Gasteiger partial charge in [-0.1, -0.05) is 44.2 Å². The molecule has 0 spiro atoms. The van der Waals surface area contributed by atoms with Gasteiger partial charge in [-0.3, -0.25) is 4.79 Å². The Morgan fingerprint density at radius 3 is 2.35 bits per heavy atom. The third kappa shape index (κ3) is 4.19. The third-order valence-corrected chi connectivity index (χ3v) is 3.01. The first kappa shape index (κ1) is 13.7. The van der Waals surface area contributed by atoms with E-state index in [-0.39, 0.29) is 18.4 Å². The standard InChI is InChI=1S/C14H21NO2/c1-3-11(4-2)14(17)15-10-13(16)12-8-6-5-7-9-12/h5-9,11,13,16H,3-4,10H2,1-2H3,(H,15,17). The highest BCUT2D eigenvalue weighted by Crippen LogP contribution is 2.12. The van der Waals surface area contributed by atoms with Gasteiger partial charge in [0.2, 0.25) is 5.91 Å². The second-order valence-corrected chi connectivity index (χ2v) is 4.19. The Bertz CT molecular complexity index is 333. The van der Waals surface area contributed by atoms with Crippen molar-refractivity contribution in [3.05, 3.63) is 35.9 Å². The maximum Gasteiger partial charge on any atom is 0.223 e. The van der Waals surface area contributed by atoms with E-state index in [1.165, 1.54) is 0 Å². The number of aliphatic hydroxyl groups excluding tert-OH is 1. The van der Waals surface area contributed by atoms with E-state index in [1.807, 2.05) is 44.2 Å². The fraction of sp³-hybridized carbons (Fsp3) is 0.500. The van der Waals surface area contributed by atoms with Gasteiger partial charge in [0.1, 0.15) is 0 Å². The molecule has 0 fully saturated rings. The summed E-state index contributed by atoms with van der Waals surface area (Å²) in [6.07, 6.45) is 1.04. The molecule has 1 rings (SSSR count). The van der Waals surface area contributed by atoms with Crippen LogP contribution in [0.25, 0.3) is 0 Å². The first-order chi connectivity index (χ1) is 8.19. The Hall–Kier alpha value is -1.35. The van der Waals surface area contributed by atoms with E-state index in [9.17, 15) is 9.90 Å². The van der Waals surface area contributed by atoms with Crippen molar-refractivity contribution in [2.75, 3.05) is 6.54 Å². The molecule has 0 heterocycles. The van der Waals surface area contributed by atoms with Gasteiger partial charge in [-0.05, 0) is 18.4 Å². The zero-order valence-electron chi connectivity index (χ0n) is 10.5. The van der Waals surface area contributed by atoms with Crippen LogP contribution >= 0.6 is 0 Å².